The van der Waals surface area contributed by atoms with E-state index < -0.39 is 28.0 Å². The first-order valence-electron chi connectivity index (χ1n) is 12.2. The predicted octanol–water partition coefficient (Wildman–Crippen LogP) is 3.82. The molecule has 0 aliphatic carbocycles. The Morgan fingerprint density at radius 3 is 2.32 bits per heavy atom. The Kier molecular flexibility index (Phi) is 9.64. The molecule has 8 nitrogen and oxygen atoms in total. The van der Waals surface area contributed by atoms with Gasteiger partial charge in [0.1, 0.15) is 12.1 Å². The predicted molar refractivity (Wildman–Crippen MR) is 145 cm³/mol. The van der Waals surface area contributed by atoms with E-state index in [-0.39, 0.29) is 23.8 Å². The molecule has 9 heteroatoms. The molecule has 2 atom stereocenters. The molecule has 196 valence electrons. The van der Waals surface area contributed by atoms with Gasteiger partial charge in [0.2, 0.25) is 15.9 Å². The fraction of sp³-hybridized carbons (Fsp3) is 0.357. The number of ether oxygens (including phenoxy) is 1. The lowest BCUT2D eigenvalue weighted by molar-refractivity contribution is -0.123. The Morgan fingerprint density at radius 1 is 1.00 bits per heavy atom. The van der Waals surface area contributed by atoms with E-state index >= 15 is 0 Å². The van der Waals surface area contributed by atoms with Gasteiger partial charge >= 0.3 is 0 Å². The minimum Gasteiger partial charge on any atom is -0.377 e. The molecule has 2 N–H and O–H groups in total. The van der Waals surface area contributed by atoms with Crippen molar-refractivity contribution in [3.63, 3.8) is 0 Å². The lowest BCUT2D eigenvalue weighted by Crippen LogP contribution is -2.50. The second kappa shape index (κ2) is 12.7. The van der Waals surface area contributed by atoms with E-state index in [1.54, 1.807) is 12.1 Å². The number of nitrogens with one attached hydrogen (secondary N) is 2. The highest BCUT2D eigenvalue weighted by Crippen LogP contribution is 2.30. The van der Waals surface area contributed by atoms with Crippen LogP contribution in [0.15, 0.2) is 71.6 Å². The van der Waals surface area contributed by atoms with Crippen LogP contribution in [0.3, 0.4) is 0 Å². The lowest BCUT2D eigenvalue weighted by Gasteiger charge is -2.23. The van der Waals surface area contributed by atoms with Crippen molar-refractivity contribution in [2.24, 2.45) is 5.92 Å². The third-order valence-electron chi connectivity index (χ3n) is 5.82. The molecule has 0 unspecified atom stereocenters. The normalized spacial score (nSPS) is 13.2. The van der Waals surface area contributed by atoms with Crippen LogP contribution in [0, 0.1) is 17.2 Å². The summed E-state index contributed by atoms with van der Waals surface area (Å²) in [6.07, 6.45) is 0.266. The Hall–Kier alpha value is -3.45. The molecule has 0 radical (unpaired) electrons. The van der Waals surface area contributed by atoms with Gasteiger partial charge < -0.3 is 15.0 Å². The van der Waals surface area contributed by atoms with Crippen LogP contribution in [-0.2, 0) is 26.2 Å². The van der Waals surface area contributed by atoms with Crippen LogP contribution in [-0.4, -0.2) is 47.1 Å². The molecule has 0 bridgehead atoms. The number of sulfonamides is 1. The Balaban J connectivity index is 1.77. The average molecular weight is 523 g/mol. The summed E-state index contributed by atoms with van der Waals surface area (Å²) in [6.45, 7) is 4.09. The van der Waals surface area contributed by atoms with Crippen molar-refractivity contribution < 1.29 is 17.9 Å². The zero-order valence-electron chi connectivity index (χ0n) is 21.6. The first-order chi connectivity index (χ1) is 17.6. The Bertz CT molecular complexity index is 1350. The second-order valence-corrected chi connectivity index (χ2v) is 11.2. The van der Waals surface area contributed by atoms with Gasteiger partial charge in [0.15, 0.2) is 0 Å². The number of benzene rings is 3. The minimum absolute atomic E-state index is 0.0189. The molecule has 3 rings (SSSR count). The van der Waals surface area contributed by atoms with E-state index in [1.165, 1.54) is 6.07 Å². The van der Waals surface area contributed by atoms with Crippen molar-refractivity contribution in [3.05, 3.63) is 72.3 Å². The summed E-state index contributed by atoms with van der Waals surface area (Å²) in [7, 11) is -0.268. The molecular weight excluding hydrogens is 488 g/mol. The van der Waals surface area contributed by atoms with Gasteiger partial charge in [0.25, 0.3) is 0 Å². The van der Waals surface area contributed by atoms with Gasteiger partial charge in [-0.05, 0) is 30.0 Å². The van der Waals surface area contributed by atoms with Gasteiger partial charge in [-0.2, -0.15) is 9.98 Å². The number of hydrogen-bond acceptors (Lipinski definition) is 6. The largest absolute Gasteiger partial charge is 0.377 e. The zero-order chi connectivity index (χ0) is 27.0. The van der Waals surface area contributed by atoms with Crippen molar-refractivity contribution in [2.75, 3.05) is 25.6 Å². The van der Waals surface area contributed by atoms with Crippen molar-refractivity contribution in [2.45, 2.75) is 43.9 Å². The van der Waals surface area contributed by atoms with E-state index in [0.29, 0.717) is 12.0 Å². The summed E-state index contributed by atoms with van der Waals surface area (Å²) < 4.78 is 35.2. The summed E-state index contributed by atoms with van der Waals surface area (Å²) in [5, 5.41) is 13.5. The standard InChI is InChI=1S/C28H34N4O4S/c1-20(2)16-25(28(33)30-22(17-29)19-36-18-21-10-6-5-7-11-21)31-37(34,35)27-15-9-12-23-24(27)13-8-14-26(23)32(3)4/h5-15,20,22,25,31H,16,18-19H2,1-4H3,(H,30,33)/t22-,25-/m0/s1. The average Bonchev–Trinajstić information content (AvgIpc) is 2.87. The third-order valence-corrected chi connectivity index (χ3v) is 7.35. The molecule has 0 aliphatic rings. The SMILES string of the molecule is CC(C)C[C@H](NS(=O)(=O)c1cccc2c(N(C)C)cccc12)C(=O)N[C@@H](C#N)COCc1ccccc1. The smallest absolute Gasteiger partial charge is 0.241 e. The number of rotatable bonds is 12. The van der Waals surface area contributed by atoms with E-state index in [0.717, 1.165) is 16.6 Å². The van der Waals surface area contributed by atoms with Crippen molar-refractivity contribution in [1.82, 2.24) is 10.0 Å². The molecule has 3 aromatic carbocycles. The minimum atomic E-state index is -4.06. The number of carbonyl (C=O) groups excluding carboxylic acids is 1. The third kappa shape index (κ3) is 7.52. The van der Waals surface area contributed by atoms with E-state index in [9.17, 15) is 18.5 Å². The van der Waals surface area contributed by atoms with Crippen LogP contribution >= 0.6 is 0 Å². The van der Waals surface area contributed by atoms with E-state index in [1.807, 2.05) is 87.4 Å². The summed E-state index contributed by atoms with van der Waals surface area (Å²) in [4.78, 5) is 15.2. The van der Waals surface area contributed by atoms with Crippen molar-refractivity contribution in [3.8, 4) is 6.07 Å². The van der Waals surface area contributed by atoms with Crippen LogP contribution in [0.1, 0.15) is 25.8 Å². The van der Waals surface area contributed by atoms with Gasteiger partial charge in [0.05, 0.1) is 24.2 Å². The summed E-state index contributed by atoms with van der Waals surface area (Å²) in [5.41, 5.74) is 1.84. The number of nitrogens with zero attached hydrogens (tertiary/aromatic N) is 2. The highest BCUT2D eigenvalue weighted by atomic mass is 32.2. The molecular formula is C28H34N4O4S. The highest BCUT2D eigenvalue weighted by molar-refractivity contribution is 7.89. The summed E-state index contributed by atoms with van der Waals surface area (Å²) >= 11 is 0. The Labute approximate surface area is 219 Å². The first-order valence-corrected chi connectivity index (χ1v) is 13.6. The molecule has 0 aliphatic heterocycles. The van der Waals surface area contributed by atoms with E-state index in [2.05, 4.69) is 10.0 Å². The second-order valence-electron chi connectivity index (χ2n) is 9.52. The van der Waals surface area contributed by atoms with Gasteiger partial charge in [-0.1, -0.05) is 68.4 Å². The first kappa shape index (κ1) is 28.1. The van der Waals surface area contributed by atoms with Gasteiger partial charge in [0, 0.05) is 30.6 Å². The highest BCUT2D eigenvalue weighted by Gasteiger charge is 2.29. The number of anilines is 1. The van der Waals surface area contributed by atoms with Crippen LogP contribution in [0.25, 0.3) is 10.8 Å². The van der Waals surface area contributed by atoms with Crippen LogP contribution < -0.4 is 14.9 Å². The number of carbonyl (C=O) groups is 1. The monoisotopic (exact) mass is 522 g/mol. The van der Waals surface area contributed by atoms with Crippen molar-refractivity contribution in [1.29, 1.82) is 5.26 Å². The Morgan fingerprint density at radius 2 is 1.68 bits per heavy atom. The number of fused-ring (bicyclic) bond motifs is 1. The molecule has 3 aromatic rings. The molecule has 0 saturated heterocycles. The number of hydrogen-bond donors (Lipinski definition) is 2. The van der Waals surface area contributed by atoms with Gasteiger partial charge in [-0.3, -0.25) is 4.79 Å². The van der Waals surface area contributed by atoms with Crippen LogP contribution in [0.5, 0.6) is 0 Å². The fourth-order valence-corrected chi connectivity index (χ4v) is 5.50. The van der Waals surface area contributed by atoms with Crippen LogP contribution in [0.4, 0.5) is 5.69 Å². The number of amides is 1. The van der Waals surface area contributed by atoms with Gasteiger partial charge in [-0.25, -0.2) is 8.42 Å². The van der Waals surface area contributed by atoms with Crippen LogP contribution in [0.2, 0.25) is 0 Å². The lowest BCUT2D eigenvalue weighted by atomic mass is 10.0. The molecule has 0 spiro atoms. The molecule has 0 saturated carbocycles. The van der Waals surface area contributed by atoms with E-state index in [4.69, 9.17) is 4.74 Å². The van der Waals surface area contributed by atoms with Gasteiger partial charge in [-0.15, -0.1) is 0 Å². The molecule has 0 aromatic heterocycles. The van der Waals surface area contributed by atoms with Crippen molar-refractivity contribution >= 4 is 32.4 Å². The maximum Gasteiger partial charge on any atom is 0.241 e. The molecule has 0 heterocycles. The maximum atomic E-state index is 13.5. The fourth-order valence-electron chi connectivity index (χ4n) is 4.07. The molecule has 1 amide bonds. The molecule has 37 heavy (non-hydrogen) atoms. The summed E-state index contributed by atoms with van der Waals surface area (Å²) in [6, 6.07) is 20.1. The summed E-state index contributed by atoms with van der Waals surface area (Å²) in [5.74, 6) is -0.539. The maximum absolute atomic E-state index is 13.5. The number of nitriles is 1. The zero-order valence-corrected chi connectivity index (χ0v) is 22.5. The quantitative estimate of drug-likeness (QED) is 0.374. The molecule has 0 fully saturated rings. The topological polar surface area (TPSA) is 112 Å².